The second kappa shape index (κ2) is 16.2. The van der Waals surface area contributed by atoms with Gasteiger partial charge in [0.25, 0.3) is 18.3 Å². The lowest BCUT2D eigenvalue weighted by atomic mass is 9.99. The van der Waals surface area contributed by atoms with Crippen LogP contribution in [0.1, 0.15) is 31.9 Å². The zero-order chi connectivity index (χ0) is 35.9. The van der Waals surface area contributed by atoms with Gasteiger partial charge < -0.3 is 23.7 Å². The highest BCUT2D eigenvalue weighted by atomic mass is 32.2. The predicted molar refractivity (Wildman–Crippen MR) is 199 cm³/mol. The van der Waals surface area contributed by atoms with E-state index in [0.717, 1.165) is 21.5 Å². The second-order valence-electron chi connectivity index (χ2n) is 13.3. The summed E-state index contributed by atoms with van der Waals surface area (Å²) in [4.78, 5) is 13.2. The Hall–Kier alpha value is -3.49. The van der Waals surface area contributed by atoms with Crippen LogP contribution in [0.3, 0.4) is 0 Å². The molecule has 266 valence electrons. The van der Waals surface area contributed by atoms with Gasteiger partial charge in [-0.05, 0) is 46.3 Å². The van der Waals surface area contributed by atoms with Crippen molar-refractivity contribution in [2.45, 2.75) is 74.1 Å². The van der Waals surface area contributed by atoms with Crippen molar-refractivity contribution in [3.63, 3.8) is 0 Å². The Kier molecular flexibility index (Phi) is 12.3. The molecule has 2 N–H and O–H groups in total. The number of hydrogen-bond donors (Lipinski definition) is 2. The number of aliphatic hydroxyl groups excluding tert-OH is 1. The van der Waals surface area contributed by atoms with Gasteiger partial charge in [0, 0.05) is 0 Å². The standard InChI is InChI=1S/C38H45NO8S2Si/c1-27-21-23-29(24-22-27)49(42,43)39-37(41)47-35-33(40)36(48-5)46-32(34(35)44-25-28-15-9-6-10-16-28)26-45-50(38(2,3)4,30-17-11-7-12-18-30)31-19-13-8-14-20-31/h6-24,32-36,40H,25-26H2,1-5H3,(H,39,41)/t32-,33-,34-,35-,36+/m1/s1. The fourth-order valence-electron chi connectivity index (χ4n) is 6.33. The largest absolute Gasteiger partial charge is 0.440 e. The third kappa shape index (κ3) is 8.51. The summed E-state index contributed by atoms with van der Waals surface area (Å²) in [5, 5.41) is 13.3. The fraction of sp³-hybridized carbons (Fsp3) is 0.342. The van der Waals surface area contributed by atoms with Crippen molar-refractivity contribution >= 4 is 46.6 Å². The Bertz CT molecular complexity index is 1750. The van der Waals surface area contributed by atoms with Gasteiger partial charge in [-0.2, -0.15) is 0 Å². The molecule has 50 heavy (non-hydrogen) atoms. The summed E-state index contributed by atoms with van der Waals surface area (Å²) in [5.41, 5.74) is 0.890. The van der Waals surface area contributed by atoms with Gasteiger partial charge in [-0.1, -0.05) is 129 Å². The molecule has 4 aromatic rings. The number of carbonyl (C=O) groups is 1. The van der Waals surface area contributed by atoms with Crippen LogP contribution in [0.5, 0.6) is 0 Å². The van der Waals surface area contributed by atoms with Gasteiger partial charge in [0.2, 0.25) is 0 Å². The molecule has 0 radical (unpaired) electrons. The van der Waals surface area contributed by atoms with E-state index in [1.807, 2.05) is 78.4 Å². The first-order valence-electron chi connectivity index (χ1n) is 16.4. The number of sulfonamides is 1. The number of carbonyl (C=O) groups excluding carboxylic acids is 1. The van der Waals surface area contributed by atoms with Crippen molar-refractivity contribution in [1.29, 1.82) is 0 Å². The molecule has 0 bridgehead atoms. The van der Waals surface area contributed by atoms with Crippen molar-refractivity contribution in [3.8, 4) is 0 Å². The molecule has 4 aromatic carbocycles. The molecule has 0 aromatic heterocycles. The van der Waals surface area contributed by atoms with Gasteiger partial charge in [0.15, 0.2) is 6.10 Å². The van der Waals surface area contributed by atoms with Crippen LogP contribution in [0, 0.1) is 6.92 Å². The van der Waals surface area contributed by atoms with Crippen molar-refractivity contribution in [1.82, 2.24) is 4.72 Å². The van der Waals surface area contributed by atoms with Gasteiger partial charge in [-0.15, -0.1) is 11.8 Å². The normalized spacial score (nSPS) is 21.4. The average molecular weight is 736 g/mol. The first kappa shape index (κ1) is 37.8. The van der Waals surface area contributed by atoms with Crippen LogP contribution in [0.15, 0.2) is 120 Å². The predicted octanol–water partition coefficient (Wildman–Crippen LogP) is 5.39. The highest BCUT2D eigenvalue weighted by molar-refractivity contribution is 7.99. The van der Waals surface area contributed by atoms with Gasteiger partial charge in [-0.3, -0.25) is 0 Å². The average Bonchev–Trinajstić information content (AvgIpc) is 3.10. The lowest BCUT2D eigenvalue weighted by molar-refractivity contribution is -0.221. The zero-order valence-corrected chi connectivity index (χ0v) is 31.5. The lowest BCUT2D eigenvalue weighted by Gasteiger charge is -2.47. The minimum absolute atomic E-state index is 0.0413. The van der Waals surface area contributed by atoms with E-state index in [-0.39, 0.29) is 23.1 Å². The molecule has 0 spiro atoms. The van der Waals surface area contributed by atoms with E-state index in [2.05, 4.69) is 45.0 Å². The number of amides is 1. The van der Waals surface area contributed by atoms with E-state index in [4.69, 9.17) is 18.6 Å². The molecular weight excluding hydrogens is 691 g/mol. The number of nitrogens with one attached hydrogen (secondary N) is 1. The Balaban J connectivity index is 1.49. The molecule has 1 aliphatic heterocycles. The van der Waals surface area contributed by atoms with E-state index < -0.39 is 54.3 Å². The molecule has 9 nitrogen and oxygen atoms in total. The van der Waals surface area contributed by atoms with E-state index in [0.29, 0.717) is 0 Å². The van der Waals surface area contributed by atoms with Crippen LogP contribution in [0.4, 0.5) is 4.79 Å². The molecule has 0 unspecified atom stereocenters. The monoisotopic (exact) mass is 735 g/mol. The smallest absolute Gasteiger partial charge is 0.421 e. The third-order valence-corrected chi connectivity index (χ3v) is 16.0. The Morgan fingerprint density at radius 1 is 0.860 bits per heavy atom. The topological polar surface area (TPSA) is 120 Å². The first-order valence-corrected chi connectivity index (χ1v) is 21.1. The maximum atomic E-state index is 13.3. The highest BCUT2D eigenvalue weighted by Crippen LogP contribution is 2.38. The van der Waals surface area contributed by atoms with Crippen LogP contribution in [-0.2, 0) is 35.3 Å². The summed E-state index contributed by atoms with van der Waals surface area (Å²) in [6.07, 6.45) is -3.95. The number of hydrogen-bond acceptors (Lipinski definition) is 9. The van der Waals surface area contributed by atoms with Crippen molar-refractivity contribution in [3.05, 3.63) is 126 Å². The molecule has 1 heterocycles. The van der Waals surface area contributed by atoms with E-state index in [9.17, 15) is 18.3 Å². The molecule has 0 saturated carbocycles. The van der Waals surface area contributed by atoms with Crippen molar-refractivity contribution < 1.29 is 37.0 Å². The second-order valence-corrected chi connectivity index (χ2v) is 20.2. The van der Waals surface area contributed by atoms with Crippen LogP contribution in [0.2, 0.25) is 5.04 Å². The van der Waals surface area contributed by atoms with Gasteiger partial charge in [0.1, 0.15) is 23.7 Å². The Labute approximate surface area is 300 Å². The minimum Gasteiger partial charge on any atom is -0.440 e. The number of aliphatic hydroxyl groups is 1. The maximum Gasteiger partial charge on any atom is 0.421 e. The third-order valence-electron chi connectivity index (χ3n) is 8.81. The summed E-state index contributed by atoms with van der Waals surface area (Å²) < 4.78 is 54.1. The summed E-state index contributed by atoms with van der Waals surface area (Å²) in [6, 6.07) is 35.9. The molecular formula is C38H45NO8S2Si. The summed E-state index contributed by atoms with van der Waals surface area (Å²) in [5.74, 6) is 0. The Morgan fingerprint density at radius 2 is 1.40 bits per heavy atom. The van der Waals surface area contributed by atoms with Gasteiger partial charge in [-0.25, -0.2) is 17.9 Å². The molecule has 1 aliphatic rings. The molecule has 1 saturated heterocycles. The van der Waals surface area contributed by atoms with E-state index in [1.165, 1.54) is 23.9 Å². The lowest BCUT2D eigenvalue weighted by Crippen LogP contribution is -2.68. The number of aryl methyl sites for hydroxylation is 1. The van der Waals surface area contributed by atoms with E-state index in [1.54, 1.807) is 18.4 Å². The SMILES string of the molecule is CS[C@@H]1O[C@H](CO[Si](c2ccccc2)(c2ccccc2)C(C)(C)C)[C@@H](OCc2ccccc2)[C@H](OC(=O)NS(=O)(=O)c2ccc(C)cc2)[C@H]1O. The molecule has 5 atom stereocenters. The fourth-order valence-corrected chi connectivity index (χ4v) is 12.5. The van der Waals surface area contributed by atoms with E-state index >= 15 is 0 Å². The summed E-state index contributed by atoms with van der Waals surface area (Å²) in [6.45, 7) is 8.50. The van der Waals surface area contributed by atoms with Gasteiger partial charge >= 0.3 is 6.09 Å². The molecule has 1 amide bonds. The maximum absolute atomic E-state index is 13.3. The number of ether oxygens (including phenoxy) is 3. The number of benzene rings is 4. The van der Waals surface area contributed by atoms with Crippen LogP contribution < -0.4 is 15.1 Å². The van der Waals surface area contributed by atoms with Crippen LogP contribution in [0.25, 0.3) is 0 Å². The zero-order valence-electron chi connectivity index (χ0n) is 28.9. The van der Waals surface area contributed by atoms with Crippen molar-refractivity contribution in [2.24, 2.45) is 0 Å². The summed E-state index contributed by atoms with van der Waals surface area (Å²) >= 11 is 1.25. The van der Waals surface area contributed by atoms with Gasteiger partial charge in [0.05, 0.1) is 18.1 Å². The Morgan fingerprint density at radius 3 is 1.92 bits per heavy atom. The highest BCUT2D eigenvalue weighted by Gasteiger charge is 2.53. The number of thioether (sulfide) groups is 1. The van der Waals surface area contributed by atoms with Crippen LogP contribution in [-0.4, -0.2) is 70.6 Å². The number of rotatable bonds is 12. The summed E-state index contributed by atoms with van der Waals surface area (Å²) in [7, 11) is -7.29. The minimum atomic E-state index is -4.26. The molecule has 5 rings (SSSR count). The molecule has 0 aliphatic carbocycles. The van der Waals surface area contributed by atoms with Crippen LogP contribution >= 0.6 is 11.8 Å². The molecule has 12 heteroatoms. The first-order chi connectivity index (χ1) is 23.9. The molecule has 1 fully saturated rings. The van der Waals surface area contributed by atoms with Crippen molar-refractivity contribution in [2.75, 3.05) is 12.9 Å². The quantitative estimate of drug-likeness (QED) is 0.185.